The Morgan fingerprint density at radius 2 is 1.89 bits per heavy atom. The third kappa shape index (κ3) is 2.66. The number of hydrogen-bond donors (Lipinski definition) is 1. The molecule has 4 heteroatoms. The van der Waals surface area contributed by atoms with E-state index in [1.165, 1.54) is 6.07 Å². The zero-order chi connectivity index (χ0) is 13.1. The zero-order valence-electron chi connectivity index (χ0n) is 9.59. The highest BCUT2D eigenvalue weighted by Crippen LogP contribution is 2.33. The first-order valence-electron chi connectivity index (χ1n) is 5.56. The van der Waals surface area contributed by atoms with Crippen LogP contribution in [-0.2, 0) is 6.42 Å². The van der Waals surface area contributed by atoms with Gasteiger partial charge in [0.15, 0.2) is 0 Å². The van der Waals surface area contributed by atoms with Gasteiger partial charge in [-0.15, -0.1) is 0 Å². The average molecular weight is 284 g/mol. The quantitative estimate of drug-likeness (QED) is 0.893. The van der Waals surface area contributed by atoms with Crippen LogP contribution in [0.4, 0.5) is 4.39 Å². The van der Waals surface area contributed by atoms with Gasteiger partial charge in [-0.05, 0) is 36.2 Å². The van der Waals surface area contributed by atoms with Crippen molar-refractivity contribution >= 4 is 23.2 Å². The maximum absolute atomic E-state index is 13.8. The van der Waals surface area contributed by atoms with Gasteiger partial charge < -0.3 is 5.73 Å². The minimum atomic E-state index is -0.269. The highest BCUT2D eigenvalue weighted by molar-refractivity contribution is 6.43. The van der Waals surface area contributed by atoms with Gasteiger partial charge in [0.05, 0.1) is 10.0 Å². The van der Waals surface area contributed by atoms with Crippen LogP contribution >= 0.6 is 23.2 Å². The molecule has 0 atom stereocenters. The standard InChI is InChI=1S/C14H12Cl2FN/c15-12-3-1-2-11(14(12)16)10-5-4-9(6-7-18)13(17)8-10/h1-5,8H,6-7,18H2. The molecule has 0 spiro atoms. The summed E-state index contributed by atoms with van der Waals surface area (Å²) in [7, 11) is 0. The van der Waals surface area contributed by atoms with Gasteiger partial charge in [0.1, 0.15) is 5.82 Å². The fourth-order valence-corrected chi connectivity index (χ4v) is 2.21. The second-order valence-corrected chi connectivity index (χ2v) is 4.73. The summed E-state index contributed by atoms with van der Waals surface area (Å²) >= 11 is 12.0. The normalized spacial score (nSPS) is 10.7. The summed E-state index contributed by atoms with van der Waals surface area (Å²) in [5.74, 6) is -0.269. The molecular weight excluding hydrogens is 272 g/mol. The molecule has 2 N–H and O–H groups in total. The molecule has 0 heterocycles. The SMILES string of the molecule is NCCc1ccc(-c2cccc(Cl)c2Cl)cc1F. The molecule has 2 aromatic carbocycles. The van der Waals surface area contributed by atoms with Gasteiger partial charge >= 0.3 is 0 Å². The predicted molar refractivity (Wildman–Crippen MR) is 74.6 cm³/mol. The Bertz CT molecular complexity index is 570. The lowest BCUT2D eigenvalue weighted by atomic mass is 10.0. The lowest BCUT2D eigenvalue weighted by molar-refractivity contribution is 0.610. The van der Waals surface area contributed by atoms with Crippen molar-refractivity contribution in [3.63, 3.8) is 0 Å². The topological polar surface area (TPSA) is 26.0 Å². The smallest absolute Gasteiger partial charge is 0.127 e. The summed E-state index contributed by atoms with van der Waals surface area (Å²) in [6.07, 6.45) is 0.523. The van der Waals surface area contributed by atoms with E-state index in [4.69, 9.17) is 28.9 Å². The van der Waals surface area contributed by atoms with Crippen LogP contribution in [0.25, 0.3) is 11.1 Å². The van der Waals surface area contributed by atoms with E-state index in [1.807, 2.05) is 12.1 Å². The summed E-state index contributed by atoms with van der Waals surface area (Å²) in [6, 6.07) is 10.3. The number of nitrogens with two attached hydrogens (primary N) is 1. The molecule has 0 aliphatic rings. The largest absolute Gasteiger partial charge is 0.330 e. The van der Waals surface area contributed by atoms with Crippen LogP contribution in [-0.4, -0.2) is 6.54 Å². The van der Waals surface area contributed by atoms with Crippen molar-refractivity contribution in [2.75, 3.05) is 6.54 Å². The van der Waals surface area contributed by atoms with E-state index < -0.39 is 0 Å². The first kappa shape index (κ1) is 13.3. The number of hydrogen-bond acceptors (Lipinski definition) is 1. The lowest BCUT2D eigenvalue weighted by Gasteiger charge is -2.08. The van der Waals surface area contributed by atoms with Crippen molar-refractivity contribution in [2.24, 2.45) is 5.73 Å². The Balaban J connectivity index is 2.46. The van der Waals surface area contributed by atoms with Crippen molar-refractivity contribution in [1.29, 1.82) is 0 Å². The minimum Gasteiger partial charge on any atom is -0.330 e. The summed E-state index contributed by atoms with van der Waals surface area (Å²) in [5, 5.41) is 0.894. The Morgan fingerprint density at radius 1 is 1.11 bits per heavy atom. The van der Waals surface area contributed by atoms with E-state index >= 15 is 0 Å². The van der Waals surface area contributed by atoms with Crippen LogP contribution < -0.4 is 5.73 Å². The molecule has 0 saturated carbocycles. The zero-order valence-corrected chi connectivity index (χ0v) is 11.1. The molecule has 0 saturated heterocycles. The second kappa shape index (κ2) is 5.70. The molecule has 94 valence electrons. The fraction of sp³-hybridized carbons (Fsp3) is 0.143. The molecule has 1 nitrogen and oxygen atoms in total. The fourth-order valence-electron chi connectivity index (χ4n) is 1.80. The molecule has 2 aromatic rings. The van der Waals surface area contributed by atoms with Gasteiger partial charge in [-0.3, -0.25) is 0 Å². The monoisotopic (exact) mass is 283 g/mol. The number of rotatable bonds is 3. The Labute approximate surface area is 115 Å². The first-order chi connectivity index (χ1) is 8.63. The molecule has 2 rings (SSSR count). The van der Waals surface area contributed by atoms with Crippen molar-refractivity contribution in [3.8, 4) is 11.1 Å². The van der Waals surface area contributed by atoms with Crippen LogP contribution in [0.2, 0.25) is 10.0 Å². The Kier molecular flexibility index (Phi) is 4.23. The van der Waals surface area contributed by atoms with E-state index in [-0.39, 0.29) is 5.82 Å². The third-order valence-corrected chi connectivity index (χ3v) is 3.55. The van der Waals surface area contributed by atoms with E-state index in [0.29, 0.717) is 34.1 Å². The summed E-state index contributed by atoms with van der Waals surface area (Å²) < 4.78 is 13.8. The molecule has 0 fully saturated rings. The van der Waals surface area contributed by atoms with Gasteiger partial charge in [-0.2, -0.15) is 0 Å². The molecule has 18 heavy (non-hydrogen) atoms. The van der Waals surface area contributed by atoms with E-state index in [1.54, 1.807) is 18.2 Å². The van der Waals surface area contributed by atoms with Gasteiger partial charge in [-0.1, -0.05) is 47.5 Å². The van der Waals surface area contributed by atoms with Crippen molar-refractivity contribution in [3.05, 3.63) is 57.8 Å². The van der Waals surface area contributed by atoms with E-state index in [9.17, 15) is 4.39 Å². The van der Waals surface area contributed by atoms with Gasteiger partial charge in [0, 0.05) is 5.56 Å². The Hall–Kier alpha value is -1.09. The first-order valence-corrected chi connectivity index (χ1v) is 6.32. The molecular formula is C14H12Cl2FN. The third-order valence-electron chi connectivity index (χ3n) is 2.73. The molecule has 0 unspecified atom stereocenters. The lowest BCUT2D eigenvalue weighted by Crippen LogP contribution is -2.04. The maximum atomic E-state index is 13.8. The molecule has 0 radical (unpaired) electrons. The van der Waals surface area contributed by atoms with Crippen molar-refractivity contribution in [2.45, 2.75) is 6.42 Å². The van der Waals surface area contributed by atoms with Gasteiger partial charge in [0.25, 0.3) is 0 Å². The van der Waals surface area contributed by atoms with E-state index in [0.717, 1.165) is 5.56 Å². The van der Waals surface area contributed by atoms with Crippen LogP contribution in [0.1, 0.15) is 5.56 Å². The van der Waals surface area contributed by atoms with Crippen LogP contribution in [0.15, 0.2) is 36.4 Å². The second-order valence-electron chi connectivity index (χ2n) is 3.95. The highest BCUT2D eigenvalue weighted by atomic mass is 35.5. The molecule has 0 bridgehead atoms. The van der Waals surface area contributed by atoms with Crippen molar-refractivity contribution in [1.82, 2.24) is 0 Å². The van der Waals surface area contributed by atoms with Crippen LogP contribution in [0, 0.1) is 5.82 Å². The van der Waals surface area contributed by atoms with Crippen LogP contribution in [0.5, 0.6) is 0 Å². The molecule has 0 amide bonds. The molecule has 0 aliphatic heterocycles. The predicted octanol–water partition coefficient (Wildman–Crippen LogP) is 4.30. The summed E-state index contributed by atoms with van der Waals surface area (Å²) in [6.45, 7) is 0.425. The number of benzene rings is 2. The Morgan fingerprint density at radius 3 is 2.56 bits per heavy atom. The highest BCUT2D eigenvalue weighted by Gasteiger charge is 2.09. The van der Waals surface area contributed by atoms with Gasteiger partial charge in [-0.25, -0.2) is 4.39 Å². The molecule has 0 aliphatic carbocycles. The molecule has 0 aromatic heterocycles. The minimum absolute atomic E-state index is 0.269. The average Bonchev–Trinajstić information content (AvgIpc) is 2.35. The van der Waals surface area contributed by atoms with Gasteiger partial charge in [0.2, 0.25) is 0 Å². The van der Waals surface area contributed by atoms with E-state index in [2.05, 4.69) is 0 Å². The summed E-state index contributed by atoms with van der Waals surface area (Å²) in [5.41, 5.74) is 7.46. The van der Waals surface area contributed by atoms with Crippen LogP contribution in [0.3, 0.4) is 0 Å². The number of halogens is 3. The van der Waals surface area contributed by atoms with Crippen molar-refractivity contribution < 1.29 is 4.39 Å². The maximum Gasteiger partial charge on any atom is 0.127 e. The summed E-state index contributed by atoms with van der Waals surface area (Å²) in [4.78, 5) is 0.